The van der Waals surface area contributed by atoms with Gasteiger partial charge in [-0.25, -0.2) is 13.2 Å². The number of primary amides is 2. The van der Waals surface area contributed by atoms with Gasteiger partial charge in [0.1, 0.15) is 0 Å². The Morgan fingerprint density at radius 2 is 1.92 bits per heavy atom. The number of nitrogens with one attached hydrogen (secondary N) is 1. The van der Waals surface area contributed by atoms with Crippen LogP contribution in [-0.2, 0) is 29.1 Å². The fourth-order valence-corrected chi connectivity index (χ4v) is 8.25. The van der Waals surface area contributed by atoms with E-state index in [-0.39, 0.29) is 51.2 Å². The fraction of sp³-hybridized carbons (Fsp3) is 0.720. The molecule has 0 bridgehead atoms. The molecule has 2 heterocycles. The molecular formula is C25H36N6O7S. The molecule has 0 aromatic heterocycles. The van der Waals surface area contributed by atoms with Gasteiger partial charge in [-0.05, 0) is 57.8 Å². The lowest BCUT2D eigenvalue weighted by molar-refractivity contribution is -0.157. The molecule has 4 unspecified atom stereocenters. The van der Waals surface area contributed by atoms with Gasteiger partial charge >= 0.3 is 6.09 Å². The maximum atomic E-state index is 14.1. The summed E-state index contributed by atoms with van der Waals surface area (Å²) >= 11 is 0. The van der Waals surface area contributed by atoms with Crippen LogP contribution in [-0.4, -0.2) is 77.1 Å². The van der Waals surface area contributed by atoms with Crippen molar-refractivity contribution in [3.63, 3.8) is 0 Å². The molecule has 4 rings (SSSR count). The summed E-state index contributed by atoms with van der Waals surface area (Å²) in [5.41, 5.74) is 8.81. The number of nitrogens with zero attached hydrogens (tertiary/aromatic N) is 3. The molecule has 0 aromatic carbocycles. The Morgan fingerprint density at radius 1 is 1.18 bits per heavy atom. The number of carbonyl (C=O) groups excluding carboxylic acids is 4. The van der Waals surface area contributed by atoms with E-state index in [0.717, 1.165) is 11.3 Å². The van der Waals surface area contributed by atoms with Crippen LogP contribution < -0.4 is 16.8 Å². The molecule has 4 atom stereocenters. The average molecular weight is 565 g/mol. The highest BCUT2D eigenvalue weighted by Crippen LogP contribution is 2.52. The summed E-state index contributed by atoms with van der Waals surface area (Å²) in [6.45, 7) is -0.0114. The van der Waals surface area contributed by atoms with Gasteiger partial charge in [-0.2, -0.15) is 9.57 Å². The van der Waals surface area contributed by atoms with E-state index < -0.39 is 56.3 Å². The topological polar surface area (TPSA) is 206 Å². The third-order valence-electron chi connectivity index (χ3n) is 8.12. The molecule has 0 aromatic rings. The molecule has 14 heteroatoms. The molecule has 0 radical (unpaired) electrons. The van der Waals surface area contributed by atoms with Gasteiger partial charge in [0.15, 0.2) is 11.0 Å². The largest absolute Gasteiger partial charge is 0.436 e. The average Bonchev–Trinajstić information content (AvgIpc) is 3.78. The Hall–Kier alpha value is -3.18. The summed E-state index contributed by atoms with van der Waals surface area (Å²) in [5.74, 6) is -3.41. The third-order valence-corrected chi connectivity index (χ3v) is 10.7. The molecule has 5 N–H and O–H groups in total. The minimum atomic E-state index is -4.17. The van der Waals surface area contributed by atoms with Crippen molar-refractivity contribution in [2.75, 3.05) is 13.1 Å². The number of sulfonamides is 1. The van der Waals surface area contributed by atoms with Gasteiger partial charge in [0, 0.05) is 31.5 Å². The van der Waals surface area contributed by atoms with Gasteiger partial charge in [0.2, 0.25) is 15.6 Å². The maximum absolute atomic E-state index is 14.1. The van der Waals surface area contributed by atoms with E-state index in [1.54, 1.807) is 6.08 Å². The minimum Gasteiger partial charge on any atom is -0.436 e. The first-order valence-electron chi connectivity index (χ1n) is 13.5. The van der Waals surface area contributed by atoms with E-state index in [4.69, 9.17) is 21.5 Å². The molecule has 1 saturated heterocycles. The molecule has 214 valence electrons. The van der Waals surface area contributed by atoms with Crippen molar-refractivity contribution >= 4 is 33.8 Å². The number of ether oxygens (including phenoxy) is 1. The number of nitriles is 1. The standard InChI is InChI=1S/C25H36N6O7S/c26-13-7-15-31(18-10-11-18)39(36,37)25-16-17(25)8-4-2-1-3-5-9-19(38-23(28)35)20(32)30-14-6-12-24(30,21(27)33)22(34)29-25/h4,8,17-19H,1-3,5-7,9-12,14-16H2,(H2,27,33)(H2,28,35)(H,29,34)/b8-4-. The van der Waals surface area contributed by atoms with Crippen LogP contribution in [0.3, 0.4) is 0 Å². The number of hydrogen-bond donors (Lipinski definition) is 3. The number of rotatable bonds is 7. The van der Waals surface area contributed by atoms with Gasteiger partial charge < -0.3 is 26.4 Å². The number of carbonyl (C=O) groups is 4. The molecule has 2 saturated carbocycles. The molecule has 4 amide bonds. The van der Waals surface area contributed by atoms with E-state index in [9.17, 15) is 27.6 Å². The van der Waals surface area contributed by atoms with Gasteiger partial charge in [0.05, 0.1) is 6.07 Å². The fourth-order valence-electron chi connectivity index (χ4n) is 5.82. The lowest BCUT2D eigenvalue weighted by atomic mass is 9.92. The first-order chi connectivity index (χ1) is 18.5. The Kier molecular flexibility index (Phi) is 8.22. The third kappa shape index (κ3) is 5.34. The van der Waals surface area contributed by atoms with Crippen molar-refractivity contribution < 1.29 is 32.3 Å². The lowest BCUT2D eigenvalue weighted by Gasteiger charge is -2.38. The zero-order valence-corrected chi connectivity index (χ0v) is 22.7. The second-order valence-corrected chi connectivity index (χ2v) is 12.9. The van der Waals surface area contributed by atoms with Crippen LogP contribution in [0.25, 0.3) is 0 Å². The monoisotopic (exact) mass is 564 g/mol. The summed E-state index contributed by atoms with van der Waals surface area (Å²) in [7, 11) is -4.17. The summed E-state index contributed by atoms with van der Waals surface area (Å²) in [5, 5.41) is 11.8. The van der Waals surface area contributed by atoms with E-state index in [0.29, 0.717) is 32.1 Å². The van der Waals surface area contributed by atoms with E-state index in [1.807, 2.05) is 12.1 Å². The van der Waals surface area contributed by atoms with Crippen LogP contribution in [0.15, 0.2) is 12.2 Å². The zero-order valence-electron chi connectivity index (χ0n) is 21.8. The SMILES string of the molecule is N#CCCN(C1CC1)S(=O)(=O)C12CC1/C=C\CCCCCC(OC(N)=O)C(=O)N1CCCC1(C(N)=O)C(=O)N2. The molecule has 0 spiro atoms. The Bertz CT molecular complexity index is 1200. The zero-order chi connectivity index (χ0) is 28.4. The number of fused-ring (bicyclic) bond motifs is 2. The molecule has 13 nitrogen and oxygen atoms in total. The van der Waals surface area contributed by atoms with E-state index >= 15 is 0 Å². The first-order valence-corrected chi connectivity index (χ1v) is 14.9. The van der Waals surface area contributed by atoms with Gasteiger partial charge in [0.25, 0.3) is 17.7 Å². The molecule has 39 heavy (non-hydrogen) atoms. The van der Waals surface area contributed by atoms with Crippen LogP contribution in [0.1, 0.15) is 70.6 Å². The van der Waals surface area contributed by atoms with Crippen molar-refractivity contribution in [2.45, 2.75) is 93.2 Å². The van der Waals surface area contributed by atoms with Crippen molar-refractivity contribution in [1.29, 1.82) is 5.26 Å². The Labute approximate surface area is 227 Å². The maximum Gasteiger partial charge on any atom is 0.405 e. The van der Waals surface area contributed by atoms with Crippen LogP contribution >= 0.6 is 0 Å². The van der Waals surface area contributed by atoms with Crippen molar-refractivity contribution in [1.82, 2.24) is 14.5 Å². The summed E-state index contributed by atoms with van der Waals surface area (Å²) in [6.07, 6.45) is 5.49. The summed E-state index contributed by atoms with van der Waals surface area (Å²) in [4.78, 5) is 51.3. The van der Waals surface area contributed by atoms with Crippen molar-refractivity contribution in [3.8, 4) is 6.07 Å². The first kappa shape index (κ1) is 28.8. The number of amides is 4. The predicted molar refractivity (Wildman–Crippen MR) is 137 cm³/mol. The molecule has 3 fully saturated rings. The molecule has 2 aliphatic heterocycles. The van der Waals surface area contributed by atoms with Gasteiger partial charge in [-0.15, -0.1) is 0 Å². The van der Waals surface area contributed by atoms with Crippen LogP contribution in [0.2, 0.25) is 0 Å². The highest BCUT2D eigenvalue weighted by Gasteiger charge is 2.69. The minimum absolute atomic E-state index is 0.00470. The smallest absolute Gasteiger partial charge is 0.405 e. The van der Waals surface area contributed by atoms with Crippen LogP contribution in [0.4, 0.5) is 4.79 Å². The van der Waals surface area contributed by atoms with Crippen molar-refractivity contribution in [2.24, 2.45) is 17.4 Å². The second-order valence-electron chi connectivity index (χ2n) is 10.7. The van der Waals surface area contributed by atoms with E-state index in [1.165, 1.54) is 4.31 Å². The normalized spacial score (nSPS) is 32.6. The lowest BCUT2D eigenvalue weighted by Crippen LogP contribution is -2.68. The predicted octanol–water partition coefficient (Wildman–Crippen LogP) is 0.357. The summed E-state index contributed by atoms with van der Waals surface area (Å²) < 4.78 is 34.5. The summed E-state index contributed by atoms with van der Waals surface area (Å²) in [6, 6.07) is 1.73. The highest BCUT2D eigenvalue weighted by atomic mass is 32.2. The number of nitrogens with two attached hydrogens (primary N) is 2. The molecular weight excluding hydrogens is 528 g/mol. The molecule has 2 aliphatic carbocycles. The second kappa shape index (κ2) is 11.1. The van der Waals surface area contributed by atoms with Crippen molar-refractivity contribution in [3.05, 3.63) is 12.2 Å². The Morgan fingerprint density at radius 3 is 2.56 bits per heavy atom. The van der Waals surface area contributed by atoms with Crippen LogP contribution in [0, 0.1) is 17.2 Å². The highest BCUT2D eigenvalue weighted by molar-refractivity contribution is 7.90. The van der Waals surface area contributed by atoms with E-state index in [2.05, 4.69) is 5.32 Å². The quantitative estimate of drug-likeness (QED) is 0.290. The number of allylic oxidation sites excluding steroid dienone is 1. The van der Waals surface area contributed by atoms with Crippen LogP contribution in [0.5, 0.6) is 0 Å². The number of hydrogen-bond acceptors (Lipinski definition) is 8. The molecule has 4 aliphatic rings. The van der Waals surface area contributed by atoms with Gasteiger partial charge in [-0.1, -0.05) is 18.6 Å². The Balaban J connectivity index is 1.75. The van der Waals surface area contributed by atoms with Gasteiger partial charge in [-0.3, -0.25) is 14.4 Å².